The molecule has 0 bridgehead atoms. The minimum atomic E-state index is -0.569. The summed E-state index contributed by atoms with van der Waals surface area (Å²) in [5, 5.41) is 15.1. The Labute approximate surface area is 182 Å². The number of aliphatic hydroxyl groups excluding tert-OH is 1. The topological polar surface area (TPSA) is 71.6 Å². The fourth-order valence-electron chi connectivity index (χ4n) is 3.09. The van der Waals surface area contributed by atoms with Gasteiger partial charge in [0.25, 0.3) is 0 Å². The minimum absolute atomic E-state index is 0.0885. The second kappa shape index (κ2) is 11.2. The Morgan fingerprint density at radius 3 is 2.67 bits per heavy atom. The van der Waals surface area contributed by atoms with Crippen molar-refractivity contribution in [2.24, 2.45) is 0 Å². The average molecular weight is 430 g/mol. The Balaban J connectivity index is 1.62. The average Bonchev–Trinajstić information content (AvgIpc) is 3.20. The molecule has 0 saturated carbocycles. The zero-order valence-corrected chi connectivity index (χ0v) is 18.1. The van der Waals surface area contributed by atoms with Crippen LogP contribution in [0.3, 0.4) is 0 Å². The van der Waals surface area contributed by atoms with Crippen LogP contribution in [0.2, 0.25) is 5.02 Å². The Kier molecular flexibility index (Phi) is 8.39. The molecule has 3 rings (SSSR count). The van der Waals surface area contributed by atoms with Crippen molar-refractivity contribution in [3.63, 3.8) is 0 Å². The SMILES string of the molecule is CC(C)OCC(O)CN(CCc1nc(-c2cccc(Cl)c2)no1)Cc1ccccc1. The molecule has 160 valence electrons. The molecule has 0 fully saturated rings. The second-order valence-corrected chi connectivity index (χ2v) is 7.97. The van der Waals surface area contributed by atoms with Crippen LogP contribution in [0.5, 0.6) is 0 Å². The van der Waals surface area contributed by atoms with Crippen molar-refractivity contribution in [1.82, 2.24) is 15.0 Å². The van der Waals surface area contributed by atoms with Gasteiger partial charge in [-0.15, -0.1) is 0 Å². The molecule has 0 aliphatic heterocycles. The summed E-state index contributed by atoms with van der Waals surface area (Å²) in [7, 11) is 0. The Morgan fingerprint density at radius 1 is 1.13 bits per heavy atom. The molecule has 0 aliphatic rings. The first-order chi connectivity index (χ1) is 14.5. The lowest BCUT2D eigenvalue weighted by molar-refractivity contribution is -0.00957. The summed E-state index contributed by atoms with van der Waals surface area (Å²) in [6.07, 6.45) is 0.101. The van der Waals surface area contributed by atoms with Crippen molar-refractivity contribution in [2.75, 3.05) is 19.7 Å². The Morgan fingerprint density at radius 2 is 1.93 bits per heavy atom. The lowest BCUT2D eigenvalue weighted by Gasteiger charge is -2.25. The fraction of sp³-hybridized carbons (Fsp3) is 0.391. The first kappa shape index (κ1) is 22.4. The predicted octanol–water partition coefficient (Wildman–Crippen LogP) is 4.22. The van der Waals surface area contributed by atoms with Gasteiger partial charge in [0.05, 0.1) is 18.8 Å². The van der Waals surface area contributed by atoms with Crippen LogP contribution in [0.4, 0.5) is 0 Å². The quantitative estimate of drug-likeness (QED) is 0.492. The van der Waals surface area contributed by atoms with E-state index >= 15 is 0 Å². The van der Waals surface area contributed by atoms with E-state index in [1.165, 1.54) is 5.56 Å². The molecule has 1 heterocycles. The van der Waals surface area contributed by atoms with E-state index in [1.807, 2.05) is 56.3 Å². The monoisotopic (exact) mass is 429 g/mol. The lowest BCUT2D eigenvalue weighted by Crippen LogP contribution is -2.36. The highest BCUT2D eigenvalue weighted by Gasteiger charge is 2.16. The molecule has 0 spiro atoms. The number of hydrogen-bond acceptors (Lipinski definition) is 6. The van der Waals surface area contributed by atoms with Gasteiger partial charge < -0.3 is 14.4 Å². The molecular weight excluding hydrogens is 402 g/mol. The summed E-state index contributed by atoms with van der Waals surface area (Å²) in [5.41, 5.74) is 2.00. The van der Waals surface area contributed by atoms with E-state index in [-0.39, 0.29) is 6.10 Å². The van der Waals surface area contributed by atoms with E-state index in [0.29, 0.717) is 42.9 Å². The molecule has 0 radical (unpaired) electrons. The summed E-state index contributed by atoms with van der Waals surface area (Å²) in [6, 6.07) is 17.5. The zero-order valence-electron chi connectivity index (χ0n) is 17.4. The van der Waals surface area contributed by atoms with Crippen molar-refractivity contribution in [3.05, 3.63) is 71.1 Å². The van der Waals surface area contributed by atoms with Gasteiger partial charge in [0.1, 0.15) is 0 Å². The number of aliphatic hydroxyl groups is 1. The number of aromatic nitrogens is 2. The molecule has 1 atom stereocenters. The number of rotatable bonds is 11. The molecule has 7 heteroatoms. The molecular formula is C23H28ClN3O3. The van der Waals surface area contributed by atoms with Gasteiger partial charge in [0.2, 0.25) is 11.7 Å². The van der Waals surface area contributed by atoms with Crippen LogP contribution >= 0.6 is 11.6 Å². The number of halogens is 1. The van der Waals surface area contributed by atoms with Crippen molar-refractivity contribution in [3.8, 4) is 11.4 Å². The molecule has 0 amide bonds. The van der Waals surface area contributed by atoms with E-state index in [0.717, 1.165) is 12.1 Å². The molecule has 2 aromatic carbocycles. The largest absolute Gasteiger partial charge is 0.389 e. The van der Waals surface area contributed by atoms with E-state index in [9.17, 15) is 5.11 Å². The Hall–Kier alpha value is -2.25. The van der Waals surface area contributed by atoms with E-state index < -0.39 is 6.10 Å². The highest BCUT2D eigenvalue weighted by Crippen LogP contribution is 2.20. The fourth-order valence-corrected chi connectivity index (χ4v) is 3.28. The minimum Gasteiger partial charge on any atom is -0.389 e. The smallest absolute Gasteiger partial charge is 0.228 e. The maximum absolute atomic E-state index is 10.4. The molecule has 1 unspecified atom stereocenters. The van der Waals surface area contributed by atoms with Gasteiger partial charge in [0, 0.05) is 36.6 Å². The maximum Gasteiger partial charge on any atom is 0.228 e. The normalized spacial score (nSPS) is 12.6. The van der Waals surface area contributed by atoms with E-state index in [4.69, 9.17) is 20.9 Å². The lowest BCUT2D eigenvalue weighted by atomic mass is 10.2. The second-order valence-electron chi connectivity index (χ2n) is 7.53. The van der Waals surface area contributed by atoms with Crippen LogP contribution in [0.1, 0.15) is 25.3 Å². The van der Waals surface area contributed by atoms with Crippen molar-refractivity contribution in [2.45, 2.75) is 39.0 Å². The third-order valence-electron chi connectivity index (χ3n) is 4.53. The van der Waals surface area contributed by atoms with Crippen LogP contribution in [-0.4, -0.2) is 52.1 Å². The van der Waals surface area contributed by atoms with Gasteiger partial charge in [-0.25, -0.2) is 0 Å². The zero-order chi connectivity index (χ0) is 21.3. The number of hydrogen-bond donors (Lipinski definition) is 1. The Bertz CT molecular complexity index is 901. The standard InChI is InChI=1S/C23H28ClN3O3/c1-17(2)29-16-21(28)15-27(14-18-7-4-3-5-8-18)12-11-22-25-23(26-30-22)19-9-6-10-20(24)13-19/h3-10,13,17,21,28H,11-12,14-16H2,1-2H3. The van der Waals surface area contributed by atoms with Gasteiger partial charge in [-0.3, -0.25) is 4.90 Å². The number of benzene rings is 2. The van der Waals surface area contributed by atoms with E-state index in [1.54, 1.807) is 0 Å². The molecule has 0 saturated heterocycles. The summed E-state index contributed by atoms with van der Waals surface area (Å²) in [4.78, 5) is 6.66. The molecule has 3 aromatic rings. The number of nitrogens with zero attached hydrogens (tertiary/aromatic N) is 3. The number of ether oxygens (including phenoxy) is 1. The van der Waals surface area contributed by atoms with Crippen LogP contribution in [-0.2, 0) is 17.7 Å². The molecule has 0 aliphatic carbocycles. The molecule has 6 nitrogen and oxygen atoms in total. The van der Waals surface area contributed by atoms with Crippen LogP contribution < -0.4 is 0 Å². The summed E-state index contributed by atoms with van der Waals surface area (Å²) >= 11 is 6.05. The molecule has 1 N–H and O–H groups in total. The van der Waals surface area contributed by atoms with Crippen molar-refractivity contribution in [1.29, 1.82) is 0 Å². The third-order valence-corrected chi connectivity index (χ3v) is 4.77. The summed E-state index contributed by atoms with van der Waals surface area (Å²) in [5.74, 6) is 1.07. The highest BCUT2D eigenvalue weighted by atomic mass is 35.5. The van der Waals surface area contributed by atoms with Crippen molar-refractivity contribution < 1.29 is 14.4 Å². The van der Waals surface area contributed by atoms with E-state index in [2.05, 4.69) is 27.2 Å². The molecule has 1 aromatic heterocycles. The predicted molar refractivity (Wildman–Crippen MR) is 117 cm³/mol. The van der Waals surface area contributed by atoms with Crippen molar-refractivity contribution >= 4 is 11.6 Å². The highest BCUT2D eigenvalue weighted by molar-refractivity contribution is 6.30. The first-order valence-electron chi connectivity index (χ1n) is 10.1. The van der Waals surface area contributed by atoms with Crippen LogP contribution in [0, 0.1) is 0 Å². The van der Waals surface area contributed by atoms with Gasteiger partial charge >= 0.3 is 0 Å². The first-order valence-corrected chi connectivity index (χ1v) is 10.5. The summed E-state index contributed by atoms with van der Waals surface area (Å²) in [6.45, 7) is 6.11. The van der Waals surface area contributed by atoms with Crippen LogP contribution in [0.25, 0.3) is 11.4 Å². The van der Waals surface area contributed by atoms with Gasteiger partial charge in [-0.1, -0.05) is 59.2 Å². The summed E-state index contributed by atoms with van der Waals surface area (Å²) < 4.78 is 11.0. The maximum atomic E-state index is 10.4. The third kappa shape index (κ3) is 7.22. The van der Waals surface area contributed by atoms with Gasteiger partial charge in [-0.2, -0.15) is 4.98 Å². The molecule has 30 heavy (non-hydrogen) atoms. The van der Waals surface area contributed by atoms with Gasteiger partial charge in [0.15, 0.2) is 0 Å². The van der Waals surface area contributed by atoms with Gasteiger partial charge in [-0.05, 0) is 31.5 Å². The van der Waals surface area contributed by atoms with Crippen LogP contribution in [0.15, 0.2) is 59.1 Å².